The van der Waals surface area contributed by atoms with Gasteiger partial charge in [-0.15, -0.1) is 0 Å². The number of fused-ring (bicyclic) bond motifs is 1. The molecule has 0 unspecified atom stereocenters. The third-order valence-electron chi connectivity index (χ3n) is 4.85. The number of likely N-dealkylation sites (N-methyl/N-ethyl adjacent to an activating group) is 1. The highest BCUT2D eigenvalue weighted by Gasteiger charge is 2.08. The maximum absolute atomic E-state index is 12.6. The van der Waals surface area contributed by atoms with Crippen LogP contribution < -0.4 is 10.1 Å². The van der Waals surface area contributed by atoms with Crippen LogP contribution in [0.3, 0.4) is 0 Å². The van der Waals surface area contributed by atoms with Gasteiger partial charge >= 0.3 is 0 Å². The SMILES string of the molecule is CN(C)CCn1cc2cc(NC(=O)Cc3cccc(Oc4ccccc4)c3)ccc2n1. The number of hydrogen-bond donors (Lipinski definition) is 1. The normalized spacial score (nSPS) is 11.1. The second-order valence-electron chi connectivity index (χ2n) is 7.76. The smallest absolute Gasteiger partial charge is 0.228 e. The number of para-hydroxylation sites is 1. The summed E-state index contributed by atoms with van der Waals surface area (Å²) in [5, 5.41) is 8.58. The molecule has 3 aromatic carbocycles. The molecule has 0 aliphatic heterocycles. The van der Waals surface area contributed by atoms with E-state index < -0.39 is 0 Å². The molecule has 0 spiro atoms. The molecule has 158 valence electrons. The highest BCUT2D eigenvalue weighted by Crippen LogP contribution is 2.23. The summed E-state index contributed by atoms with van der Waals surface area (Å²) in [6.07, 6.45) is 2.28. The molecule has 0 atom stereocenters. The number of ether oxygens (including phenoxy) is 1. The summed E-state index contributed by atoms with van der Waals surface area (Å²) in [7, 11) is 4.08. The van der Waals surface area contributed by atoms with Crippen LogP contribution in [0.15, 0.2) is 79.0 Å². The minimum Gasteiger partial charge on any atom is -0.457 e. The van der Waals surface area contributed by atoms with Crippen LogP contribution in [-0.4, -0.2) is 41.2 Å². The first-order chi connectivity index (χ1) is 15.0. The Balaban J connectivity index is 1.39. The Labute approximate surface area is 182 Å². The topological polar surface area (TPSA) is 59.4 Å². The number of carbonyl (C=O) groups excluding carboxylic acids is 1. The number of hydrogen-bond acceptors (Lipinski definition) is 4. The first kappa shape index (κ1) is 20.6. The van der Waals surface area contributed by atoms with E-state index in [1.165, 1.54) is 0 Å². The zero-order valence-corrected chi connectivity index (χ0v) is 17.8. The van der Waals surface area contributed by atoms with Crippen molar-refractivity contribution in [2.45, 2.75) is 13.0 Å². The molecular weight excluding hydrogens is 388 g/mol. The Morgan fingerprint density at radius 3 is 2.61 bits per heavy atom. The molecule has 1 aromatic heterocycles. The molecule has 1 N–H and O–H groups in total. The first-order valence-corrected chi connectivity index (χ1v) is 10.3. The fourth-order valence-electron chi connectivity index (χ4n) is 3.31. The van der Waals surface area contributed by atoms with Crippen molar-refractivity contribution in [3.05, 3.63) is 84.6 Å². The Kier molecular flexibility index (Phi) is 6.29. The van der Waals surface area contributed by atoms with Gasteiger partial charge in [0.15, 0.2) is 0 Å². The summed E-state index contributed by atoms with van der Waals surface area (Å²) in [5.41, 5.74) is 2.58. The number of carbonyl (C=O) groups is 1. The van der Waals surface area contributed by atoms with Crippen LogP contribution >= 0.6 is 0 Å². The molecule has 1 heterocycles. The van der Waals surface area contributed by atoms with E-state index in [1.54, 1.807) is 0 Å². The maximum Gasteiger partial charge on any atom is 0.228 e. The van der Waals surface area contributed by atoms with E-state index >= 15 is 0 Å². The third kappa shape index (κ3) is 5.71. The lowest BCUT2D eigenvalue weighted by atomic mass is 10.1. The lowest BCUT2D eigenvalue weighted by molar-refractivity contribution is -0.115. The predicted octanol–water partition coefficient (Wildman–Crippen LogP) is 4.57. The molecular formula is C25H26N4O2. The van der Waals surface area contributed by atoms with Crippen LogP contribution in [0.25, 0.3) is 10.9 Å². The van der Waals surface area contributed by atoms with Gasteiger partial charge in [0, 0.05) is 23.8 Å². The largest absolute Gasteiger partial charge is 0.457 e. The van der Waals surface area contributed by atoms with Crippen LogP contribution in [-0.2, 0) is 17.8 Å². The quantitative estimate of drug-likeness (QED) is 0.459. The van der Waals surface area contributed by atoms with Crippen molar-refractivity contribution in [2.75, 3.05) is 26.0 Å². The van der Waals surface area contributed by atoms with E-state index in [9.17, 15) is 4.79 Å². The summed E-state index contributed by atoms with van der Waals surface area (Å²) in [6, 6.07) is 23.0. The van der Waals surface area contributed by atoms with Crippen molar-refractivity contribution in [3.8, 4) is 11.5 Å². The number of nitrogens with zero attached hydrogens (tertiary/aromatic N) is 3. The maximum atomic E-state index is 12.6. The number of benzene rings is 3. The van der Waals surface area contributed by atoms with Gasteiger partial charge in [0.2, 0.25) is 5.91 Å². The van der Waals surface area contributed by atoms with Crippen molar-refractivity contribution in [3.63, 3.8) is 0 Å². The Morgan fingerprint density at radius 2 is 1.81 bits per heavy atom. The molecule has 4 rings (SSSR count). The minimum atomic E-state index is -0.0730. The fourth-order valence-corrected chi connectivity index (χ4v) is 3.31. The van der Waals surface area contributed by atoms with Crippen LogP contribution in [0.2, 0.25) is 0 Å². The number of anilines is 1. The average Bonchev–Trinajstić information content (AvgIpc) is 3.15. The molecule has 0 radical (unpaired) electrons. The molecule has 31 heavy (non-hydrogen) atoms. The summed E-state index contributed by atoms with van der Waals surface area (Å²) in [4.78, 5) is 14.7. The zero-order valence-electron chi connectivity index (χ0n) is 17.8. The van der Waals surface area contributed by atoms with Crippen LogP contribution in [0.4, 0.5) is 5.69 Å². The Hall–Kier alpha value is -3.64. The molecule has 0 aliphatic rings. The second-order valence-corrected chi connectivity index (χ2v) is 7.76. The third-order valence-corrected chi connectivity index (χ3v) is 4.85. The summed E-state index contributed by atoms with van der Waals surface area (Å²) >= 11 is 0. The summed E-state index contributed by atoms with van der Waals surface area (Å²) in [5.74, 6) is 1.41. The average molecular weight is 415 g/mol. The van der Waals surface area contributed by atoms with Gasteiger partial charge in [0.25, 0.3) is 0 Å². The fraction of sp³-hybridized carbons (Fsp3) is 0.200. The Morgan fingerprint density at radius 1 is 1.00 bits per heavy atom. The van der Waals surface area contributed by atoms with Gasteiger partial charge in [0.05, 0.1) is 18.5 Å². The van der Waals surface area contributed by atoms with E-state index in [-0.39, 0.29) is 12.3 Å². The summed E-state index contributed by atoms with van der Waals surface area (Å²) < 4.78 is 7.80. The minimum absolute atomic E-state index is 0.0730. The lowest BCUT2D eigenvalue weighted by Crippen LogP contribution is -2.18. The number of nitrogens with one attached hydrogen (secondary N) is 1. The van der Waals surface area contributed by atoms with Gasteiger partial charge in [0.1, 0.15) is 11.5 Å². The highest BCUT2D eigenvalue weighted by atomic mass is 16.5. The van der Waals surface area contributed by atoms with E-state index in [0.717, 1.165) is 41.0 Å². The predicted molar refractivity (Wildman–Crippen MR) is 124 cm³/mol. The molecule has 6 heteroatoms. The molecule has 1 amide bonds. The van der Waals surface area contributed by atoms with E-state index in [2.05, 4.69) is 15.3 Å². The van der Waals surface area contributed by atoms with Gasteiger partial charge in [-0.3, -0.25) is 9.48 Å². The molecule has 0 saturated carbocycles. The monoisotopic (exact) mass is 414 g/mol. The van der Waals surface area contributed by atoms with Crippen molar-refractivity contribution in [1.29, 1.82) is 0 Å². The van der Waals surface area contributed by atoms with E-state index in [0.29, 0.717) is 5.75 Å². The molecule has 0 saturated heterocycles. The van der Waals surface area contributed by atoms with Crippen molar-refractivity contribution < 1.29 is 9.53 Å². The van der Waals surface area contributed by atoms with Gasteiger partial charge in [-0.25, -0.2) is 0 Å². The second kappa shape index (κ2) is 9.45. The van der Waals surface area contributed by atoms with Gasteiger partial charge in [-0.05, 0) is 62.1 Å². The zero-order chi connectivity index (χ0) is 21.6. The van der Waals surface area contributed by atoms with E-state index in [1.807, 2.05) is 97.8 Å². The standard InChI is InChI=1S/C25H26N4O2/c1-28(2)13-14-29-18-20-17-21(11-12-24(20)27-29)26-25(30)16-19-7-6-10-23(15-19)31-22-8-4-3-5-9-22/h3-12,15,17-18H,13-14,16H2,1-2H3,(H,26,30). The molecule has 0 bridgehead atoms. The molecule has 4 aromatic rings. The number of aromatic nitrogens is 2. The van der Waals surface area contributed by atoms with Gasteiger partial charge in [-0.2, -0.15) is 5.10 Å². The first-order valence-electron chi connectivity index (χ1n) is 10.3. The Bertz CT molecular complexity index is 1170. The molecule has 0 aliphatic carbocycles. The van der Waals surface area contributed by atoms with Gasteiger partial charge in [-0.1, -0.05) is 30.3 Å². The van der Waals surface area contributed by atoms with Crippen molar-refractivity contribution in [1.82, 2.24) is 14.7 Å². The summed E-state index contributed by atoms with van der Waals surface area (Å²) in [6.45, 7) is 1.75. The van der Waals surface area contributed by atoms with Crippen molar-refractivity contribution >= 4 is 22.5 Å². The van der Waals surface area contributed by atoms with Gasteiger partial charge < -0.3 is 15.0 Å². The van der Waals surface area contributed by atoms with Crippen LogP contribution in [0, 0.1) is 0 Å². The molecule has 6 nitrogen and oxygen atoms in total. The van der Waals surface area contributed by atoms with Crippen LogP contribution in [0.5, 0.6) is 11.5 Å². The lowest BCUT2D eigenvalue weighted by Gasteiger charge is -2.08. The highest BCUT2D eigenvalue weighted by molar-refractivity contribution is 5.94. The van der Waals surface area contributed by atoms with Crippen LogP contribution in [0.1, 0.15) is 5.56 Å². The van der Waals surface area contributed by atoms with E-state index in [4.69, 9.17) is 4.74 Å². The number of amides is 1. The van der Waals surface area contributed by atoms with Crippen molar-refractivity contribution in [2.24, 2.45) is 0 Å². The number of rotatable bonds is 8. The molecule has 0 fully saturated rings.